The average Bonchev–Trinajstić information content (AvgIpc) is 3.26. The number of phosphoric ester groups is 2. The maximum atomic E-state index is 13.0. The van der Waals surface area contributed by atoms with E-state index in [1.165, 1.54) is 38.5 Å². The Hall–Kier alpha value is -2.60. The summed E-state index contributed by atoms with van der Waals surface area (Å²) < 4.78 is 49.2. The standard InChI is InChI=1S/C47H80O17P2/c1-3-5-7-9-11-13-15-17-18-20-22-24-26-28-30-34-41(50)62-39(37-61-66(58,59)64-47-44(53)42(51)43(52)46(45(47)54)63-65(55,56)57)36-60-40(49)35-31-33-38(48)32-29-27-25-23-21-19-16-14-12-10-8-6-4-2/h11-14,17-19,21,25,27,29,32,38-39,42-48,51-54H,3-10,15-16,20,22-24,26,28,30-31,33-37H2,1-2H3,(H,58,59)(H2,55,56,57)/b13-11-,14-12-,18-17-,21-19-,27-25-,32-29+/t38-,39-,42?,43?,44?,45?,46-,47+/m1/s1. The molecule has 1 aliphatic rings. The number of hydrogen-bond acceptors (Lipinski definition) is 14. The highest BCUT2D eigenvalue weighted by Gasteiger charge is 2.54. The zero-order valence-corrected chi connectivity index (χ0v) is 40.7. The molecular formula is C47H80O17P2. The monoisotopic (exact) mass is 978 g/mol. The van der Waals surface area contributed by atoms with Crippen molar-refractivity contribution in [1.29, 1.82) is 0 Å². The maximum absolute atomic E-state index is 13.0. The SMILES string of the molecule is CCCCC/C=C\C/C=C\C/C=C\C=C\[C@@H](O)CCCC(=O)OC[C@H](COP(=O)(O)O[C@H]1C(O)C(O)C(O)[C@@H](OP(=O)(O)O)C1O)OC(=O)CCCCCCC/C=C\C/C=C\CCCCC. The summed E-state index contributed by atoms with van der Waals surface area (Å²) in [6, 6.07) is 0. The Bertz CT molecular complexity index is 1570. The quantitative estimate of drug-likeness (QED) is 0.00963. The number of unbranched alkanes of at least 4 members (excludes halogenated alkanes) is 11. The molecule has 0 bridgehead atoms. The normalized spacial score (nSPS) is 22.6. The molecule has 0 spiro atoms. The fourth-order valence-corrected chi connectivity index (χ4v) is 8.17. The summed E-state index contributed by atoms with van der Waals surface area (Å²) in [7, 11) is -10.7. The van der Waals surface area contributed by atoms with Crippen molar-refractivity contribution in [3.63, 3.8) is 0 Å². The van der Waals surface area contributed by atoms with Gasteiger partial charge in [-0.2, -0.15) is 0 Å². The summed E-state index contributed by atoms with van der Waals surface area (Å²) >= 11 is 0. The van der Waals surface area contributed by atoms with Crippen molar-refractivity contribution in [2.75, 3.05) is 13.2 Å². The molecule has 66 heavy (non-hydrogen) atoms. The minimum atomic E-state index is -5.39. The predicted octanol–water partition coefficient (Wildman–Crippen LogP) is 7.81. The van der Waals surface area contributed by atoms with Crippen LogP contribution in [-0.2, 0) is 41.8 Å². The fourth-order valence-electron chi connectivity index (χ4n) is 6.63. The second-order valence-corrected chi connectivity index (χ2v) is 18.9. The number of carbonyl (C=O) groups is 2. The summed E-state index contributed by atoms with van der Waals surface area (Å²) in [6.07, 6.45) is 25.9. The summed E-state index contributed by atoms with van der Waals surface area (Å²) in [5.41, 5.74) is 0. The van der Waals surface area contributed by atoms with Gasteiger partial charge >= 0.3 is 27.6 Å². The van der Waals surface area contributed by atoms with Crippen molar-refractivity contribution < 1.29 is 82.0 Å². The molecule has 0 aromatic rings. The number of phosphoric acid groups is 2. The van der Waals surface area contributed by atoms with Crippen LogP contribution >= 0.6 is 15.6 Å². The van der Waals surface area contributed by atoms with Crippen LogP contribution in [0.15, 0.2) is 72.9 Å². The molecule has 0 amide bonds. The minimum Gasteiger partial charge on any atom is -0.462 e. The highest BCUT2D eigenvalue weighted by atomic mass is 31.2. The van der Waals surface area contributed by atoms with E-state index < -0.39 is 89.6 Å². The molecule has 9 atom stereocenters. The topological polar surface area (TPSA) is 276 Å². The molecule has 1 aliphatic carbocycles. The summed E-state index contributed by atoms with van der Waals surface area (Å²) in [5, 5.41) is 51.5. The van der Waals surface area contributed by atoms with E-state index in [9.17, 15) is 58.9 Å². The smallest absolute Gasteiger partial charge is 0.462 e. The Morgan fingerprint density at radius 3 is 1.64 bits per heavy atom. The summed E-state index contributed by atoms with van der Waals surface area (Å²) in [6.45, 7) is 2.86. The van der Waals surface area contributed by atoms with Gasteiger partial charge in [-0.05, 0) is 77.0 Å². The van der Waals surface area contributed by atoms with Crippen LogP contribution in [0.4, 0.5) is 0 Å². The van der Waals surface area contributed by atoms with E-state index in [2.05, 4.69) is 67.0 Å². The fraction of sp³-hybridized carbons (Fsp3) is 0.702. The zero-order chi connectivity index (χ0) is 49.1. The molecule has 8 N–H and O–H groups in total. The maximum Gasteiger partial charge on any atom is 0.472 e. The highest BCUT2D eigenvalue weighted by molar-refractivity contribution is 7.47. The molecule has 1 fully saturated rings. The van der Waals surface area contributed by atoms with Gasteiger partial charge < -0.3 is 49.7 Å². The molecule has 0 heterocycles. The van der Waals surface area contributed by atoms with Gasteiger partial charge in [0.15, 0.2) is 6.10 Å². The van der Waals surface area contributed by atoms with E-state index in [1.54, 1.807) is 12.2 Å². The van der Waals surface area contributed by atoms with Crippen molar-refractivity contribution in [2.45, 2.75) is 198 Å². The van der Waals surface area contributed by atoms with E-state index >= 15 is 0 Å². The van der Waals surface area contributed by atoms with E-state index in [1.807, 2.05) is 12.2 Å². The predicted molar refractivity (Wildman–Crippen MR) is 252 cm³/mol. The van der Waals surface area contributed by atoms with Gasteiger partial charge in [-0.1, -0.05) is 132 Å². The van der Waals surface area contributed by atoms with Gasteiger partial charge in [-0.25, -0.2) is 9.13 Å². The third kappa shape index (κ3) is 31.4. The lowest BCUT2D eigenvalue weighted by Gasteiger charge is -2.43. The molecule has 0 aromatic carbocycles. The lowest BCUT2D eigenvalue weighted by molar-refractivity contribution is -0.216. The molecule has 19 heteroatoms. The minimum absolute atomic E-state index is 0.0159. The largest absolute Gasteiger partial charge is 0.472 e. The van der Waals surface area contributed by atoms with E-state index in [0.29, 0.717) is 6.42 Å². The lowest BCUT2D eigenvalue weighted by Crippen LogP contribution is -2.64. The molecule has 0 saturated heterocycles. The number of allylic oxidation sites excluding steroid dienone is 11. The van der Waals surface area contributed by atoms with Crippen molar-refractivity contribution in [3.8, 4) is 0 Å². The Morgan fingerprint density at radius 1 is 0.561 bits per heavy atom. The van der Waals surface area contributed by atoms with Crippen LogP contribution in [0.1, 0.15) is 149 Å². The highest BCUT2D eigenvalue weighted by Crippen LogP contribution is 2.49. The Kier molecular flexibility index (Phi) is 34.7. The van der Waals surface area contributed by atoms with Gasteiger partial charge in [0.25, 0.3) is 0 Å². The third-order valence-electron chi connectivity index (χ3n) is 10.4. The molecule has 1 rings (SSSR count). The third-order valence-corrected chi connectivity index (χ3v) is 11.9. The van der Waals surface area contributed by atoms with Crippen LogP contribution in [0.25, 0.3) is 0 Å². The first-order chi connectivity index (χ1) is 31.5. The zero-order valence-electron chi connectivity index (χ0n) is 39.0. The van der Waals surface area contributed by atoms with Crippen molar-refractivity contribution in [1.82, 2.24) is 0 Å². The molecule has 17 nitrogen and oxygen atoms in total. The van der Waals surface area contributed by atoms with Crippen LogP contribution in [0, 0.1) is 0 Å². The van der Waals surface area contributed by atoms with Gasteiger partial charge in [0.1, 0.15) is 43.2 Å². The molecule has 5 unspecified atom stereocenters. The van der Waals surface area contributed by atoms with Crippen molar-refractivity contribution in [2.24, 2.45) is 0 Å². The Morgan fingerprint density at radius 2 is 1.06 bits per heavy atom. The lowest BCUT2D eigenvalue weighted by atomic mass is 9.85. The van der Waals surface area contributed by atoms with Crippen molar-refractivity contribution in [3.05, 3.63) is 72.9 Å². The number of carbonyl (C=O) groups excluding carboxylic acids is 2. The van der Waals surface area contributed by atoms with Crippen LogP contribution in [0.2, 0.25) is 0 Å². The second kappa shape index (κ2) is 37.3. The molecule has 0 aromatic heterocycles. The first-order valence-electron chi connectivity index (χ1n) is 23.6. The van der Waals surface area contributed by atoms with Gasteiger partial charge in [0.2, 0.25) is 0 Å². The van der Waals surface area contributed by atoms with Crippen LogP contribution in [0.5, 0.6) is 0 Å². The number of hydrogen-bond donors (Lipinski definition) is 8. The van der Waals surface area contributed by atoms with Gasteiger partial charge in [-0.3, -0.25) is 23.2 Å². The molecule has 0 radical (unpaired) electrons. The van der Waals surface area contributed by atoms with Gasteiger partial charge in [0, 0.05) is 12.8 Å². The second-order valence-electron chi connectivity index (χ2n) is 16.3. The molecule has 0 aliphatic heterocycles. The van der Waals surface area contributed by atoms with Crippen LogP contribution < -0.4 is 0 Å². The van der Waals surface area contributed by atoms with Crippen LogP contribution in [0.3, 0.4) is 0 Å². The van der Waals surface area contributed by atoms with Gasteiger partial charge in [-0.15, -0.1) is 0 Å². The van der Waals surface area contributed by atoms with Crippen molar-refractivity contribution >= 4 is 27.6 Å². The number of esters is 2. The van der Waals surface area contributed by atoms with Crippen LogP contribution in [-0.4, -0.2) is 114 Å². The number of aliphatic hydroxyl groups is 5. The first-order valence-corrected chi connectivity index (χ1v) is 26.6. The van der Waals surface area contributed by atoms with E-state index in [4.69, 9.17) is 18.5 Å². The number of ether oxygens (including phenoxy) is 2. The summed E-state index contributed by atoms with van der Waals surface area (Å²) in [5.74, 6) is -1.43. The Labute approximate surface area is 392 Å². The number of aliphatic hydroxyl groups excluding tert-OH is 5. The Balaban J connectivity index is 2.70. The summed E-state index contributed by atoms with van der Waals surface area (Å²) in [4.78, 5) is 54.3. The molecule has 380 valence electrons. The van der Waals surface area contributed by atoms with Gasteiger partial charge in [0.05, 0.1) is 12.7 Å². The van der Waals surface area contributed by atoms with E-state index in [-0.39, 0.29) is 25.7 Å². The van der Waals surface area contributed by atoms with E-state index in [0.717, 1.165) is 64.2 Å². The molecule has 1 saturated carbocycles. The average molecular weight is 979 g/mol. The molecular weight excluding hydrogens is 898 g/mol. The number of rotatable bonds is 38. The first kappa shape index (κ1) is 61.4.